The Morgan fingerprint density at radius 1 is 1.43 bits per heavy atom. The van der Waals surface area contributed by atoms with Gasteiger partial charge in [0.25, 0.3) is 0 Å². The smallest absolute Gasteiger partial charge is 0.151 e. The molecule has 1 atom stereocenters. The lowest BCUT2D eigenvalue weighted by atomic mass is 10.2. The van der Waals surface area contributed by atoms with Crippen molar-refractivity contribution in [3.8, 4) is 0 Å². The molecular weight excluding hydrogens is 222 g/mol. The van der Waals surface area contributed by atoms with Crippen molar-refractivity contribution in [1.82, 2.24) is 5.32 Å². The summed E-state index contributed by atoms with van der Waals surface area (Å²) in [5, 5.41) is 3.19. The van der Waals surface area contributed by atoms with Crippen molar-refractivity contribution in [3.05, 3.63) is 12.2 Å². The van der Waals surface area contributed by atoms with Crippen molar-refractivity contribution >= 4 is 21.4 Å². The number of alkyl halides is 1. The van der Waals surface area contributed by atoms with Crippen molar-refractivity contribution in [2.24, 2.45) is 0 Å². The molecule has 0 aromatic rings. The first-order valence-electron chi connectivity index (χ1n) is 4.79. The highest BCUT2D eigenvalue weighted by molar-refractivity contribution is 7.91. The van der Waals surface area contributed by atoms with Gasteiger partial charge in [0.1, 0.15) is 0 Å². The lowest BCUT2D eigenvalue weighted by molar-refractivity contribution is 0.498. The summed E-state index contributed by atoms with van der Waals surface area (Å²) in [5.41, 5.74) is 0. The summed E-state index contributed by atoms with van der Waals surface area (Å²) in [6.07, 6.45) is 5.51. The molecule has 0 bridgehead atoms. The third-order valence-corrected chi connectivity index (χ3v) is 4.24. The van der Waals surface area contributed by atoms with E-state index in [0.29, 0.717) is 18.2 Å². The van der Waals surface area contributed by atoms with Gasteiger partial charge in [0.2, 0.25) is 0 Å². The van der Waals surface area contributed by atoms with E-state index in [4.69, 9.17) is 11.6 Å². The second kappa shape index (κ2) is 5.73. The van der Waals surface area contributed by atoms with Crippen LogP contribution in [0.2, 0.25) is 0 Å². The molecule has 1 rings (SSSR count). The van der Waals surface area contributed by atoms with Crippen LogP contribution in [0.5, 0.6) is 0 Å². The first kappa shape index (κ1) is 12.0. The van der Waals surface area contributed by atoms with E-state index in [9.17, 15) is 8.42 Å². The fraction of sp³-hybridized carbons (Fsp3) is 0.778. The molecule has 0 aliphatic carbocycles. The Hall–Kier alpha value is -0.0600. The van der Waals surface area contributed by atoms with Crippen LogP contribution >= 0.6 is 11.6 Å². The van der Waals surface area contributed by atoms with Crippen LogP contribution in [-0.4, -0.2) is 38.4 Å². The highest BCUT2D eigenvalue weighted by atomic mass is 35.5. The highest BCUT2D eigenvalue weighted by Gasteiger charge is 2.23. The second-order valence-electron chi connectivity index (χ2n) is 3.49. The zero-order chi connectivity index (χ0) is 10.4. The molecule has 0 spiro atoms. The third-order valence-electron chi connectivity index (χ3n) is 2.24. The monoisotopic (exact) mass is 237 g/mol. The highest BCUT2D eigenvalue weighted by Crippen LogP contribution is 2.11. The first-order chi connectivity index (χ1) is 6.64. The largest absolute Gasteiger partial charge is 0.310 e. The fourth-order valence-corrected chi connectivity index (χ4v) is 3.36. The molecule has 3 nitrogen and oxygen atoms in total. The average Bonchev–Trinajstić information content (AvgIpc) is 2.11. The van der Waals surface area contributed by atoms with E-state index in [1.165, 1.54) is 0 Å². The van der Waals surface area contributed by atoms with Gasteiger partial charge in [-0.15, -0.1) is 11.6 Å². The SMILES string of the molecule is O=S1(=O)CCCC(NC/C=C/CCl)C1. The standard InChI is InChI=1S/C9H16ClNO2S/c10-5-1-2-6-11-9-4-3-7-14(12,13)8-9/h1-2,9,11H,3-8H2/b2-1+. The molecule has 1 aliphatic heterocycles. The summed E-state index contributed by atoms with van der Waals surface area (Å²) in [7, 11) is -2.79. The number of hydrogen-bond donors (Lipinski definition) is 1. The predicted octanol–water partition coefficient (Wildman–Crippen LogP) is 0.948. The van der Waals surface area contributed by atoms with Gasteiger partial charge in [0, 0.05) is 18.5 Å². The fourth-order valence-electron chi connectivity index (χ4n) is 1.56. The number of allylic oxidation sites excluding steroid dienone is 1. The van der Waals surface area contributed by atoms with Crippen molar-refractivity contribution < 1.29 is 8.42 Å². The van der Waals surface area contributed by atoms with Gasteiger partial charge in [-0.1, -0.05) is 12.2 Å². The Balaban J connectivity index is 2.28. The van der Waals surface area contributed by atoms with Gasteiger partial charge < -0.3 is 5.32 Å². The van der Waals surface area contributed by atoms with Crippen LogP contribution < -0.4 is 5.32 Å². The van der Waals surface area contributed by atoms with E-state index in [1.807, 2.05) is 12.2 Å². The van der Waals surface area contributed by atoms with E-state index < -0.39 is 9.84 Å². The second-order valence-corrected chi connectivity index (χ2v) is 6.02. The maximum absolute atomic E-state index is 11.3. The van der Waals surface area contributed by atoms with Gasteiger partial charge in [0.15, 0.2) is 9.84 Å². The summed E-state index contributed by atoms with van der Waals surface area (Å²) in [4.78, 5) is 0. The van der Waals surface area contributed by atoms with Crippen LogP contribution in [0.15, 0.2) is 12.2 Å². The van der Waals surface area contributed by atoms with E-state index in [1.54, 1.807) is 0 Å². The molecule has 0 aromatic carbocycles. The van der Waals surface area contributed by atoms with E-state index in [2.05, 4.69) is 5.32 Å². The van der Waals surface area contributed by atoms with E-state index >= 15 is 0 Å². The van der Waals surface area contributed by atoms with Crippen LogP contribution in [0, 0.1) is 0 Å². The molecule has 1 saturated heterocycles. The van der Waals surface area contributed by atoms with Crippen LogP contribution in [0.1, 0.15) is 12.8 Å². The quantitative estimate of drug-likeness (QED) is 0.585. The maximum atomic E-state index is 11.3. The Kier molecular flexibility index (Phi) is 4.92. The zero-order valence-corrected chi connectivity index (χ0v) is 9.65. The van der Waals surface area contributed by atoms with E-state index in [0.717, 1.165) is 12.8 Å². The van der Waals surface area contributed by atoms with Gasteiger partial charge >= 0.3 is 0 Å². The van der Waals surface area contributed by atoms with Crippen LogP contribution in [0.25, 0.3) is 0 Å². The molecule has 1 fully saturated rings. The van der Waals surface area contributed by atoms with Crippen molar-refractivity contribution in [2.45, 2.75) is 18.9 Å². The van der Waals surface area contributed by atoms with E-state index in [-0.39, 0.29) is 11.8 Å². The molecule has 82 valence electrons. The van der Waals surface area contributed by atoms with Crippen molar-refractivity contribution in [1.29, 1.82) is 0 Å². The molecular formula is C9H16ClNO2S. The summed E-state index contributed by atoms with van der Waals surface area (Å²) in [6, 6.07) is 0.119. The topological polar surface area (TPSA) is 46.2 Å². The van der Waals surface area contributed by atoms with Crippen LogP contribution in [0.4, 0.5) is 0 Å². The Labute approximate surface area is 90.4 Å². The van der Waals surface area contributed by atoms with Crippen LogP contribution in [-0.2, 0) is 9.84 Å². The molecule has 1 N–H and O–H groups in total. The number of hydrogen-bond acceptors (Lipinski definition) is 3. The van der Waals surface area contributed by atoms with Gasteiger partial charge in [-0.3, -0.25) is 0 Å². The number of sulfone groups is 1. The minimum atomic E-state index is -2.79. The summed E-state index contributed by atoms with van der Waals surface area (Å²) >= 11 is 5.46. The Morgan fingerprint density at radius 3 is 2.86 bits per heavy atom. The molecule has 1 aliphatic rings. The molecule has 1 unspecified atom stereocenters. The zero-order valence-electron chi connectivity index (χ0n) is 8.08. The third kappa shape index (κ3) is 4.44. The molecule has 5 heteroatoms. The number of halogens is 1. The van der Waals surface area contributed by atoms with Gasteiger partial charge in [-0.25, -0.2) is 8.42 Å². The molecule has 0 saturated carbocycles. The van der Waals surface area contributed by atoms with Gasteiger partial charge in [-0.05, 0) is 12.8 Å². The minimum Gasteiger partial charge on any atom is -0.310 e. The summed E-state index contributed by atoms with van der Waals surface area (Å²) < 4.78 is 22.5. The molecule has 14 heavy (non-hydrogen) atoms. The molecule has 0 aromatic heterocycles. The predicted molar refractivity (Wildman–Crippen MR) is 59.5 cm³/mol. The number of rotatable bonds is 4. The lowest BCUT2D eigenvalue weighted by Gasteiger charge is -2.22. The molecule has 1 heterocycles. The summed E-state index contributed by atoms with van der Waals surface area (Å²) in [6.45, 7) is 0.701. The molecule has 0 radical (unpaired) electrons. The minimum absolute atomic E-state index is 0.119. The maximum Gasteiger partial charge on any atom is 0.151 e. The number of nitrogens with one attached hydrogen (secondary N) is 1. The Bertz CT molecular complexity index is 287. The Morgan fingerprint density at radius 2 is 2.21 bits per heavy atom. The van der Waals surface area contributed by atoms with Crippen molar-refractivity contribution in [2.75, 3.05) is 23.9 Å². The van der Waals surface area contributed by atoms with Gasteiger partial charge in [0.05, 0.1) is 11.5 Å². The van der Waals surface area contributed by atoms with Crippen molar-refractivity contribution in [3.63, 3.8) is 0 Å². The van der Waals surface area contributed by atoms with Gasteiger partial charge in [-0.2, -0.15) is 0 Å². The first-order valence-corrected chi connectivity index (χ1v) is 7.14. The molecule has 0 amide bonds. The lowest BCUT2D eigenvalue weighted by Crippen LogP contribution is -2.40. The normalized spacial score (nSPS) is 26.8. The average molecular weight is 238 g/mol. The summed E-state index contributed by atoms with van der Waals surface area (Å²) in [5.74, 6) is 1.13. The van der Waals surface area contributed by atoms with Crippen LogP contribution in [0.3, 0.4) is 0 Å².